The first-order valence-corrected chi connectivity index (χ1v) is 9.94. The number of carbonyl (C=O) groups excluding carboxylic acids is 2. The van der Waals surface area contributed by atoms with Crippen LogP contribution in [0.5, 0.6) is 5.75 Å². The molecule has 0 bridgehead atoms. The lowest BCUT2D eigenvalue weighted by molar-refractivity contribution is -0.143. The number of amides is 2. The molecule has 0 heterocycles. The van der Waals surface area contributed by atoms with Gasteiger partial charge in [-0.2, -0.15) is 0 Å². The minimum Gasteiger partial charge on any atom is -0.484 e. The van der Waals surface area contributed by atoms with Crippen molar-refractivity contribution in [3.63, 3.8) is 0 Å². The van der Waals surface area contributed by atoms with Gasteiger partial charge in [-0.25, -0.2) is 0 Å². The highest BCUT2D eigenvalue weighted by Gasteiger charge is 2.31. The molecule has 6 heteroatoms. The second-order valence-electron chi connectivity index (χ2n) is 6.68. The van der Waals surface area contributed by atoms with Crippen LogP contribution in [0.4, 0.5) is 0 Å². The third kappa shape index (κ3) is 5.61. The van der Waals surface area contributed by atoms with Crippen molar-refractivity contribution >= 4 is 23.4 Å². The van der Waals surface area contributed by atoms with E-state index in [1.165, 1.54) is 4.90 Å². The van der Waals surface area contributed by atoms with Crippen LogP contribution in [-0.2, 0) is 16.1 Å². The van der Waals surface area contributed by atoms with E-state index >= 15 is 0 Å². The van der Waals surface area contributed by atoms with E-state index in [4.69, 9.17) is 16.3 Å². The molecule has 2 amide bonds. The fourth-order valence-corrected chi connectivity index (χ4v) is 3.23. The van der Waals surface area contributed by atoms with E-state index in [0.29, 0.717) is 10.8 Å². The van der Waals surface area contributed by atoms with Gasteiger partial charge in [0, 0.05) is 18.6 Å². The summed E-state index contributed by atoms with van der Waals surface area (Å²) in [5, 5.41) is 3.28. The van der Waals surface area contributed by atoms with Crippen molar-refractivity contribution in [2.45, 2.75) is 12.6 Å². The highest BCUT2D eigenvalue weighted by atomic mass is 35.5. The number of para-hydroxylation sites is 1. The van der Waals surface area contributed by atoms with E-state index in [-0.39, 0.29) is 25.0 Å². The van der Waals surface area contributed by atoms with Crippen LogP contribution in [0.25, 0.3) is 0 Å². The van der Waals surface area contributed by atoms with Gasteiger partial charge in [-0.1, -0.05) is 72.3 Å². The fourth-order valence-electron chi connectivity index (χ4n) is 3.10. The largest absolute Gasteiger partial charge is 0.484 e. The Morgan fingerprint density at radius 1 is 0.933 bits per heavy atom. The number of nitrogens with one attached hydrogen (secondary N) is 1. The molecule has 0 aliphatic heterocycles. The standard InChI is InChI=1S/C24H23ClN2O3/c1-26-24(29)23(19-8-4-2-5-9-19)27(16-18-12-14-20(25)15-13-18)22(28)17-30-21-10-6-3-7-11-21/h2-15,23H,16-17H2,1H3,(H,26,29). The lowest BCUT2D eigenvalue weighted by Crippen LogP contribution is -2.44. The molecule has 0 aliphatic rings. The van der Waals surface area contributed by atoms with Crippen LogP contribution in [0.1, 0.15) is 17.2 Å². The first-order chi connectivity index (χ1) is 14.6. The molecule has 0 aromatic heterocycles. The summed E-state index contributed by atoms with van der Waals surface area (Å²) in [6.07, 6.45) is 0. The molecule has 3 aromatic carbocycles. The maximum absolute atomic E-state index is 13.2. The molecule has 0 radical (unpaired) electrons. The third-order valence-corrected chi connectivity index (χ3v) is 4.87. The van der Waals surface area contributed by atoms with Crippen LogP contribution >= 0.6 is 11.6 Å². The second kappa shape index (κ2) is 10.5. The van der Waals surface area contributed by atoms with E-state index in [1.54, 1.807) is 31.3 Å². The highest BCUT2D eigenvalue weighted by molar-refractivity contribution is 6.30. The van der Waals surface area contributed by atoms with Gasteiger partial charge in [-0.3, -0.25) is 9.59 Å². The van der Waals surface area contributed by atoms with Crippen molar-refractivity contribution in [2.75, 3.05) is 13.7 Å². The van der Waals surface area contributed by atoms with Gasteiger partial charge in [0.1, 0.15) is 11.8 Å². The van der Waals surface area contributed by atoms with E-state index < -0.39 is 6.04 Å². The molecule has 5 nitrogen and oxygen atoms in total. The van der Waals surface area contributed by atoms with Gasteiger partial charge >= 0.3 is 0 Å². The zero-order valence-electron chi connectivity index (χ0n) is 16.6. The molecule has 0 spiro atoms. The average Bonchev–Trinajstić information content (AvgIpc) is 2.79. The fraction of sp³-hybridized carbons (Fsp3) is 0.167. The molecule has 0 saturated carbocycles. The number of likely N-dealkylation sites (N-methyl/N-ethyl adjacent to an activating group) is 1. The molecule has 1 N–H and O–H groups in total. The average molecular weight is 423 g/mol. The van der Waals surface area contributed by atoms with Gasteiger partial charge in [0.05, 0.1) is 0 Å². The molecule has 1 atom stereocenters. The van der Waals surface area contributed by atoms with Crippen molar-refractivity contribution < 1.29 is 14.3 Å². The van der Waals surface area contributed by atoms with Crippen molar-refractivity contribution in [3.05, 3.63) is 101 Å². The Balaban J connectivity index is 1.90. The predicted octanol–water partition coefficient (Wildman–Crippen LogP) is 4.23. The molecule has 3 aromatic rings. The zero-order chi connectivity index (χ0) is 21.3. The van der Waals surface area contributed by atoms with E-state index in [2.05, 4.69) is 5.32 Å². The van der Waals surface area contributed by atoms with Crippen LogP contribution in [0.3, 0.4) is 0 Å². The van der Waals surface area contributed by atoms with Gasteiger partial charge in [0.2, 0.25) is 5.91 Å². The zero-order valence-corrected chi connectivity index (χ0v) is 17.4. The van der Waals surface area contributed by atoms with Crippen LogP contribution in [0.2, 0.25) is 5.02 Å². The molecule has 3 rings (SSSR count). The SMILES string of the molecule is CNC(=O)C(c1ccccc1)N(Cc1ccc(Cl)cc1)C(=O)COc1ccccc1. The summed E-state index contributed by atoms with van der Waals surface area (Å²) in [4.78, 5) is 27.6. The normalized spacial score (nSPS) is 11.4. The number of halogens is 1. The molecular weight excluding hydrogens is 400 g/mol. The first kappa shape index (κ1) is 21.4. The number of hydrogen-bond acceptors (Lipinski definition) is 3. The number of ether oxygens (including phenoxy) is 1. The summed E-state index contributed by atoms with van der Waals surface area (Å²) in [5.41, 5.74) is 1.58. The number of rotatable bonds is 8. The van der Waals surface area contributed by atoms with Crippen LogP contribution in [0.15, 0.2) is 84.9 Å². The molecule has 0 aliphatic carbocycles. The molecule has 154 valence electrons. The summed E-state index contributed by atoms with van der Waals surface area (Å²) in [6.45, 7) is 0.0546. The maximum atomic E-state index is 13.2. The second-order valence-corrected chi connectivity index (χ2v) is 7.11. The lowest BCUT2D eigenvalue weighted by Gasteiger charge is -2.31. The highest BCUT2D eigenvalue weighted by Crippen LogP contribution is 2.24. The first-order valence-electron chi connectivity index (χ1n) is 9.57. The Bertz CT molecular complexity index is 963. The number of benzene rings is 3. The topological polar surface area (TPSA) is 58.6 Å². The molecule has 30 heavy (non-hydrogen) atoms. The molecule has 0 saturated heterocycles. The van der Waals surface area contributed by atoms with Crippen LogP contribution in [-0.4, -0.2) is 30.4 Å². The van der Waals surface area contributed by atoms with Gasteiger partial charge < -0.3 is 15.0 Å². The molecule has 0 fully saturated rings. The number of carbonyl (C=O) groups is 2. The Kier molecular flexibility index (Phi) is 7.46. The number of nitrogens with zero attached hydrogens (tertiary/aromatic N) is 1. The quantitative estimate of drug-likeness (QED) is 0.590. The summed E-state index contributed by atoms with van der Waals surface area (Å²) < 4.78 is 5.66. The van der Waals surface area contributed by atoms with Gasteiger partial charge in [-0.15, -0.1) is 0 Å². The predicted molar refractivity (Wildman–Crippen MR) is 117 cm³/mol. The lowest BCUT2D eigenvalue weighted by atomic mass is 10.0. The van der Waals surface area contributed by atoms with Crippen molar-refractivity contribution in [3.8, 4) is 5.75 Å². The Morgan fingerprint density at radius 2 is 1.53 bits per heavy atom. The van der Waals surface area contributed by atoms with Gasteiger partial charge in [0.25, 0.3) is 5.91 Å². The Morgan fingerprint density at radius 3 is 2.13 bits per heavy atom. The number of hydrogen-bond donors (Lipinski definition) is 1. The smallest absolute Gasteiger partial charge is 0.261 e. The third-order valence-electron chi connectivity index (χ3n) is 4.61. The molecular formula is C24H23ClN2O3. The van der Waals surface area contributed by atoms with Crippen LogP contribution in [0, 0.1) is 0 Å². The summed E-state index contributed by atoms with van der Waals surface area (Å²) in [7, 11) is 1.56. The van der Waals surface area contributed by atoms with Gasteiger partial charge in [0.15, 0.2) is 6.61 Å². The minimum atomic E-state index is -0.793. The van der Waals surface area contributed by atoms with E-state index in [0.717, 1.165) is 11.1 Å². The van der Waals surface area contributed by atoms with Crippen molar-refractivity contribution in [2.24, 2.45) is 0 Å². The van der Waals surface area contributed by atoms with E-state index in [1.807, 2.05) is 60.7 Å². The Hall–Kier alpha value is -3.31. The van der Waals surface area contributed by atoms with Crippen molar-refractivity contribution in [1.29, 1.82) is 0 Å². The van der Waals surface area contributed by atoms with E-state index in [9.17, 15) is 9.59 Å². The van der Waals surface area contributed by atoms with Crippen molar-refractivity contribution in [1.82, 2.24) is 10.2 Å². The summed E-state index contributed by atoms with van der Waals surface area (Å²) in [5.74, 6) is 0.0166. The van der Waals surface area contributed by atoms with Gasteiger partial charge in [-0.05, 0) is 35.4 Å². The minimum absolute atomic E-state index is 0.183. The summed E-state index contributed by atoms with van der Waals surface area (Å²) in [6, 6.07) is 24.7. The monoisotopic (exact) mass is 422 g/mol. The maximum Gasteiger partial charge on any atom is 0.261 e. The van der Waals surface area contributed by atoms with Crippen LogP contribution < -0.4 is 10.1 Å². The summed E-state index contributed by atoms with van der Waals surface area (Å²) >= 11 is 5.99. The Labute approximate surface area is 181 Å². The molecule has 1 unspecified atom stereocenters.